The van der Waals surface area contributed by atoms with Crippen molar-refractivity contribution in [1.82, 2.24) is 0 Å². The van der Waals surface area contributed by atoms with Crippen LogP contribution in [-0.2, 0) is 9.84 Å². The van der Waals surface area contributed by atoms with E-state index in [1.54, 1.807) is 12.1 Å². The third-order valence-corrected chi connectivity index (χ3v) is 3.94. The average molecular weight is 260 g/mol. The highest BCUT2D eigenvalue weighted by atomic mass is 32.2. The molecule has 0 amide bonds. The molecule has 0 saturated carbocycles. The molecule has 3 N–H and O–H groups in total. The third kappa shape index (κ3) is 3.74. The van der Waals surface area contributed by atoms with Gasteiger partial charge in [-0.2, -0.15) is 0 Å². The van der Waals surface area contributed by atoms with Crippen LogP contribution >= 0.6 is 11.8 Å². The smallest absolute Gasteiger partial charge is 0.175 e. The molecule has 7 heteroatoms. The minimum Gasteiger partial charge on any atom is -0.409 e. The molecule has 0 unspecified atom stereocenters. The van der Waals surface area contributed by atoms with Gasteiger partial charge in [0.25, 0.3) is 0 Å². The summed E-state index contributed by atoms with van der Waals surface area (Å²) in [6, 6.07) is 6.44. The molecule has 0 aliphatic heterocycles. The third-order valence-electron chi connectivity index (χ3n) is 1.77. The number of hydrogen-bond donors (Lipinski definition) is 2. The lowest BCUT2D eigenvalue weighted by Gasteiger charge is -2.02. The summed E-state index contributed by atoms with van der Waals surface area (Å²) in [5, 5.41) is 11.2. The number of amidine groups is 1. The molecule has 88 valence electrons. The van der Waals surface area contributed by atoms with Gasteiger partial charge in [0.2, 0.25) is 0 Å². The van der Waals surface area contributed by atoms with E-state index >= 15 is 0 Å². The van der Waals surface area contributed by atoms with Crippen LogP contribution in [0.15, 0.2) is 39.2 Å². The van der Waals surface area contributed by atoms with E-state index in [0.29, 0.717) is 5.75 Å². The fourth-order valence-electron chi connectivity index (χ4n) is 0.969. The number of thioether (sulfide) groups is 1. The first-order valence-corrected chi connectivity index (χ1v) is 7.20. The van der Waals surface area contributed by atoms with E-state index in [1.165, 1.54) is 23.9 Å². The van der Waals surface area contributed by atoms with Gasteiger partial charge >= 0.3 is 0 Å². The highest BCUT2D eigenvalue weighted by Gasteiger charge is 2.06. The molecular weight excluding hydrogens is 248 g/mol. The van der Waals surface area contributed by atoms with Crippen molar-refractivity contribution in [3.63, 3.8) is 0 Å². The summed E-state index contributed by atoms with van der Waals surface area (Å²) in [6.07, 6.45) is 1.16. The van der Waals surface area contributed by atoms with Gasteiger partial charge in [0.05, 0.1) is 10.6 Å². The SMILES string of the molecule is CS(=O)(=O)c1ccc(SCC(N)=NO)cc1. The zero-order chi connectivity index (χ0) is 12.2. The molecule has 0 radical (unpaired) electrons. The van der Waals surface area contributed by atoms with Crippen LogP contribution in [0.3, 0.4) is 0 Å². The van der Waals surface area contributed by atoms with Crippen LogP contribution in [0.25, 0.3) is 0 Å². The van der Waals surface area contributed by atoms with Crippen molar-refractivity contribution >= 4 is 27.4 Å². The lowest BCUT2D eigenvalue weighted by molar-refractivity contribution is 0.318. The molecule has 0 aliphatic rings. The molecule has 0 aromatic heterocycles. The average Bonchev–Trinajstić information content (AvgIpc) is 2.25. The highest BCUT2D eigenvalue weighted by molar-refractivity contribution is 8.00. The van der Waals surface area contributed by atoms with Gasteiger partial charge in [0.1, 0.15) is 5.84 Å². The molecular formula is C9H12N2O3S2. The Kier molecular flexibility index (Phi) is 4.19. The minimum atomic E-state index is -3.15. The maximum atomic E-state index is 11.2. The van der Waals surface area contributed by atoms with Gasteiger partial charge in [-0.25, -0.2) is 8.42 Å². The first-order valence-electron chi connectivity index (χ1n) is 4.33. The first-order chi connectivity index (χ1) is 7.43. The van der Waals surface area contributed by atoms with Crippen molar-refractivity contribution in [1.29, 1.82) is 0 Å². The summed E-state index contributed by atoms with van der Waals surface area (Å²) in [7, 11) is -3.15. The van der Waals surface area contributed by atoms with Crippen molar-refractivity contribution in [3.05, 3.63) is 24.3 Å². The number of hydrogen-bond acceptors (Lipinski definition) is 5. The Balaban J connectivity index is 2.73. The molecule has 0 fully saturated rings. The predicted molar refractivity (Wildman–Crippen MR) is 63.7 cm³/mol. The molecule has 1 aromatic carbocycles. The second kappa shape index (κ2) is 5.22. The first kappa shape index (κ1) is 12.9. The maximum absolute atomic E-state index is 11.2. The number of nitrogens with zero attached hydrogens (tertiary/aromatic N) is 1. The summed E-state index contributed by atoms with van der Waals surface area (Å²) in [5.74, 6) is 0.478. The van der Waals surface area contributed by atoms with E-state index in [9.17, 15) is 8.42 Å². The molecule has 16 heavy (non-hydrogen) atoms. The van der Waals surface area contributed by atoms with Crippen molar-refractivity contribution in [2.45, 2.75) is 9.79 Å². The molecule has 0 spiro atoms. The van der Waals surface area contributed by atoms with Gasteiger partial charge in [0, 0.05) is 11.2 Å². The molecule has 5 nitrogen and oxygen atoms in total. The zero-order valence-corrected chi connectivity index (χ0v) is 10.3. The van der Waals surface area contributed by atoms with Gasteiger partial charge < -0.3 is 10.9 Å². The topological polar surface area (TPSA) is 92.8 Å². The highest BCUT2D eigenvalue weighted by Crippen LogP contribution is 2.19. The predicted octanol–water partition coefficient (Wildman–Crippen LogP) is 0.929. The molecule has 0 atom stereocenters. The summed E-state index contributed by atoms with van der Waals surface area (Å²) < 4.78 is 22.4. The lowest BCUT2D eigenvalue weighted by atomic mass is 10.4. The normalized spacial score (nSPS) is 12.7. The monoisotopic (exact) mass is 260 g/mol. The Hall–Kier alpha value is -1.21. The quantitative estimate of drug-likeness (QED) is 0.276. The van der Waals surface area contributed by atoms with Crippen LogP contribution in [0.2, 0.25) is 0 Å². The Morgan fingerprint density at radius 2 is 2.00 bits per heavy atom. The van der Waals surface area contributed by atoms with Gasteiger partial charge in [-0.3, -0.25) is 0 Å². The number of oxime groups is 1. The number of rotatable bonds is 4. The van der Waals surface area contributed by atoms with E-state index in [2.05, 4.69) is 5.16 Å². The van der Waals surface area contributed by atoms with Gasteiger partial charge in [-0.1, -0.05) is 5.16 Å². The Morgan fingerprint density at radius 3 is 2.44 bits per heavy atom. The van der Waals surface area contributed by atoms with Crippen molar-refractivity contribution in [2.75, 3.05) is 12.0 Å². The molecule has 1 aromatic rings. The van der Waals surface area contributed by atoms with Crippen LogP contribution in [0, 0.1) is 0 Å². The standard InChI is InChI=1S/C9H12N2O3S2/c1-16(13,14)8-4-2-7(3-5-8)15-6-9(10)11-12/h2-5,12H,6H2,1H3,(H2,10,11). The van der Waals surface area contributed by atoms with Gasteiger partial charge in [0.15, 0.2) is 9.84 Å². The molecule has 0 bridgehead atoms. The Morgan fingerprint density at radius 1 is 1.44 bits per heavy atom. The summed E-state index contributed by atoms with van der Waals surface area (Å²) in [6.45, 7) is 0. The van der Waals surface area contributed by atoms with Gasteiger partial charge in [-0.05, 0) is 24.3 Å². The molecule has 0 aliphatic carbocycles. The molecule has 0 heterocycles. The zero-order valence-electron chi connectivity index (χ0n) is 8.62. The molecule has 1 rings (SSSR count). The number of benzene rings is 1. The summed E-state index contributed by atoms with van der Waals surface area (Å²) in [5.41, 5.74) is 5.30. The van der Waals surface area contributed by atoms with Crippen LogP contribution in [0.5, 0.6) is 0 Å². The largest absolute Gasteiger partial charge is 0.409 e. The summed E-state index contributed by atoms with van der Waals surface area (Å²) >= 11 is 1.36. The van der Waals surface area contributed by atoms with Crippen LogP contribution in [-0.4, -0.2) is 31.5 Å². The van der Waals surface area contributed by atoms with E-state index in [1.807, 2.05) is 0 Å². The fraction of sp³-hybridized carbons (Fsp3) is 0.222. The van der Waals surface area contributed by atoms with Crippen molar-refractivity contribution in [2.24, 2.45) is 10.9 Å². The van der Waals surface area contributed by atoms with E-state index in [-0.39, 0.29) is 10.7 Å². The number of sulfone groups is 1. The van der Waals surface area contributed by atoms with E-state index < -0.39 is 9.84 Å². The van der Waals surface area contributed by atoms with Crippen LogP contribution in [0.1, 0.15) is 0 Å². The van der Waals surface area contributed by atoms with Crippen molar-refractivity contribution in [3.8, 4) is 0 Å². The fourth-order valence-corrected chi connectivity index (χ4v) is 2.30. The van der Waals surface area contributed by atoms with Gasteiger partial charge in [-0.15, -0.1) is 11.8 Å². The van der Waals surface area contributed by atoms with E-state index in [0.717, 1.165) is 11.2 Å². The lowest BCUT2D eigenvalue weighted by Crippen LogP contribution is -2.14. The minimum absolute atomic E-state index is 0.122. The Labute approximate surface area is 98.3 Å². The molecule has 0 saturated heterocycles. The maximum Gasteiger partial charge on any atom is 0.175 e. The second-order valence-electron chi connectivity index (χ2n) is 3.12. The summed E-state index contributed by atoms with van der Waals surface area (Å²) in [4.78, 5) is 1.14. The Bertz CT molecular complexity index is 480. The second-order valence-corrected chi connectivity index (χ2v) is 6.19. The van der Waals surface area contributed by atoms with Crippen LogP contribution in [0.4, 0.5) is 0 Å². The van der Waals surface area contributed by atoms with E-state index in [4.69, 9.17) is 10.9 Å². The van der Waals surface area contributed by atoms with Crippen molar-refractivity contribution < 1.29 is 13.6 Å². The number of nitrogens with two attached hydrogens (primary N) is 1. The van der Waals surface area contributed by atoms with Crippen LogP contribution < -0.4 is 5.73 Å².